The second kappa shape index (κ2) is 11.2. The smallest absolute Gasteiger partial charge is 0.363 e. The number of carbonyl (C=O) groups is 4. The predicted octanol–water partition coefficient (Wildman–Crippen LogP) is 2.60. The Morgan fingerprint density at radius 3 is 2.14 bits per heavy atom. The van der Waals surface area contributed by atoms with Crippen LogP contribution in [-0.4, -0.2) is 62.1 Å². The normalized spacial score (nSPS) is 19.5. The molecular weight excluding hydrogens is 659 g/mol. The average molecular weight is 702 g/mol. The standard InChI is InChI=1S/C41H43N3O6Si/c1-22-20-40(3,4)42(7)31-18-33-29(16-26(22)31)37(30-17-27-23(2)21-41(5,6)43(8)32(27)19-34(30)51(33,9)10)28-15-24(11-12-25(28)38(47)48)39(49)50-44-35(45)13-14-36(44)46/h11-12,15-21H,13-14H2,1-10H3. The average Bonchev–Trinajstić information content (AvgIpc) is 3.37. The van der Waals surface area contributed by atoms with E-state index >= 15 is 0 Å². The van der Waals surface area contributed by atoms with Crippen LogP contribution in [0.5, 0.6) is 0 Å². The molecule has 0 radical (unpaired) electrons. The minimum Gasteiger partial charge on any atom is -0.545 e. The summed E-state index contributed by atoms with van der Waals surface area (Å²) < 4.78 is 2.29. The van der Waals surface area contributed by atoms with Gasteiger partial charge in [0.1, 0.15) is 15.1 Å². The van der Waals surface area contributed by atoms with Gasteiger partial charge in [0, 0.05) is 62.2 Å². The number of carbonyl (C=O) groups excluding carboxylic acids is 4. The van der Waals surface area contributed by atoms with E-state index in [1.807, 2.05) is 0 Å². The van der Waals surface area contributed by atoms with Crippen molar-refractivity contribution in [1.82, 2.24) is 9.64 Å². The molecule has 0 spiro atoms. The maximum atomic E-state index is 13.5. The number of likely N-dealkylation sites (N-methyl/N-ethyl adjacent to an activating group) is 2. The molecule has 10 heteroatoms. The second-order valence-electron chi connectivity index (χ2n) is 15.9. The highest BCUT2D eigenvalue weighted by atomic mass is 28.3. The van der Waals surface area contributed by atoms with Gasteiger partial charge in [-0.1, -0.05) is 25.2 Å². The van der Waals surface area contributed by atoms with Crippen LogP contribution in [0.2, 0.25) is 13.1 Å². The van der Waals surface area contributed by atoms with Gasteiger partial charge in [0.25, 0.3) is 11.8 Å². The van der Waals surface area contributed by atoms with Gasteiger partial charge in [0.05, 0.1) is 17.1 Å². The summed E-state index contributed by atoms with van der Waals surface area (Å²) in [4.78, 5) is 58.5. The zero-order valence-electron chi connectivity index (χ0n) is 30.9. The Kier molecular flexibility index (Phi) is 7.55. The molecule has 7 rings (SSSR count). The SMILES string of the molecule is CC1=CC(C)(C)N(C)c2cc3c(cc21)C(c1cc(C(=O)ON2C(=O)CCC2=O)ccc1C(=O)[O-])=c1cc2c(cc1[Si]3(C)C)=[N+](C)C(C)(C)C=C2C. The van der Waals surface area contributed by atoms with Crippen LogP contribution in [0.1, 0.15) is 97.4 Å². The van der Waals surface area contributed by atoms with Gasteiger partial charge >= 0.3 is 5.97 Å². The summed E-state index contributed by atoms with van der Waals surface area (Å²) in [6.45, 7) is 17.6. The number of amides is 2. The molecule has 0 saturated carbocycles. The molecule has 1 fully saturated rings. The van der Waals surface area contributed by atoms with Crippen molar-refractivity contribution >= 4 is 64.6 Å². The molecule has 0 N–H and O–H groups in total. The van der Waals surface area contributed by atoms with Crippen molar-refractivity contribution in [2.75, 3.05) is 19.0 Å². The minimum atomic E-state index is -2.49. The predicted molar refractivity (Wildman–Crippen MR) is 199 cm³/mol. The number of anilines is 1. The number of hydroxylamine groups is 2. The molecule has 0 aromatic heterocycles. The fourth-order valence-corrected chi connectivity index (χ4v) is 11.3. The van der Waals surface area contributed by atoms with E-state index < -0.39 is 31.8 Å². The van der Waals surface area contributed by atoms with Gasteiger partial charge in [-0.3, -0.25) is 9.59 Å². The first-order valence-electron chi connectivity index (χ1n) is 17.3. The van der Waals surface area contributed by atoms with Crippen molar-refractivity contribution in [2.24, 2.45) is 0 Å². The largest absolute Gasteiger partial charge is 0.545 e. The van der Waals surface area contributed by atoms with Gasteiger partial charge in [-0.15, -0.1) is 5.06 Å². The molecule has 0 atom stereocenters. The third-order valence-corrected chi connectivity index (χ3v) is 15.0. The maximum absolute atomic E-state index is 13.5. The lowest BCUT2D eigenvalue weighted by atomic mass is 9.84. The molecule has 4 aliphatic rings. The lowest BCUT2D eigenvalue weighted by Gasteiger charge is -2.43. The molecule has 3 aromatic rings. The molecule has 262 valence electrons. The van der Waals surface area contributed by atoms with E-state index in [-0.39, 0.29) is 35.0 Å². The van der Waals surface area contributed by atoms with Crippen molar-refractivity contribution in [2.45, 2.75) is 78.6 Å². The molecule has 2 amide bonds. The fourth-order valence-electron chi connectivity index (χ4n) is 8.27. The number of benzene rings is 3. The summed E-state index contributed by atoms with van der Waals surface area (Å²) in [6, 6.07) is 13.1. The lowest BCUT2D eigenvalue weighted by Crippen LogP contribution is -2.64. The summed E-state index contributed by atoms with van der Waals surface area (Å²) >= 11 is 0. The highest BCUT2D eigenvalue weighted by Gasteiger charge is 2.41. The monoisotopic (exact) mass is 701 g/mol. The highest BCUT2D eigenvalue weighted by Crippen LogP contribution is 2.40. The number of carboxylic acid groups (broad SMARTS) is 1. The Balaban J connectivity index is 1.60. The number of rotatable bonds is 4. The van der Waals surface area contributed by atoms with Crippen molar-refractivity contribution in [3.8, 4) is 0 Å². The molecule has 0 bridgehead atoms. The zero-order chi connectivity index (χ0) is 37.1. The third-order valence-electron chi connectivity index (χ3n) is 11.5. The van der Waals surface area contributed by atoms with Crippen LogP contribution in [-0.2, 0) is 14.4 Å². The van der Waals surface area contributed by atoms with E-state index in [2.05, 4.69) is 115 Å². The first-order valence-corrected chi connectivity index (χ1v) is 20.3. The van der Waals surface area contributed by atoms with Gasteiger partial charge in [-0.05, 0) is 108 Å². The lowest BCUT2D eigenvalue weighted by molar-refractivity contribution is -0.255. The van der Waals surface area contributed by atoms with Crippen molar-refractivity contribution in [3.63, 3.8) is 0 Å². The molecule has 51 heavy (non-hydrogen) atoms. The van der Waals surface area contributed by atoms with Gasteiger partial charge in [0.2, 0.25) is 5.36 Å². The summed E-state index contributed by atoms with van der Waals surface area (Å²) in [5.74, 6) is -3.52. The van der Waals surface area contributed by atoms with Crippen LogP contribution in [0.25, 0.3) is 16.7 Å². The summed E-state index contributed by atoms with van der Waals surface area (Å²) in [5.41, 5.74) is 6.81. The third kappa shape index (κ3) is 5.13. The molecule has 1 saturated heterocycles. The molecular formula is C41H43N3O6Si. The quantitative estimate of drug-likeness (QED) is 0.234. The van der Waals surface area contributed by atoms with Crippen LogP contribution in [0.3, 0.4) is 0 Å². The maximum Gasteiger partial charge on any atom is 0.363 e. The van der Waals surface area contributed by atoms with E-state index in [0.717, 1.165) is 54.5 Å². The number of allylic oxidation sites excluding steroid dienone is 2. The summed E-state index contributed by atoms with van der Waals surface area (Å²) in [5, 5.41) is 17.7. The summed E-state index contributed by atoms with van der Waals surface area (Å²) in [7, 11) is 1.72. The van der Waals surface area contributed by atoms with Crippen LogP contribution >= 0.6 is 0 Å². The fraction of sp³-hybridized carbons (Fsp3) is 0.341. The van der Waals surface area contributed by atoms with E-state index in [9.17, 15) is 24.3 Å². The van der Waals surface area contributed by atoms with Gasteiger partial charge in [-0.25, -0.2) is 9.37 Å². The van der Waals surface area contributed by atoms with Crippen LogP contribution < -0.4 is 35.5 Å². The molecule has 0 aliphatic carbocycles. The molecule has 4 heterocycles. The Morgan fingerprint density at radius 2 is 1.49 bits per heavy atom. The first-order chi connectivity index (χ1) is 23.7. The Morgan fingerprint density at radius 1 is 0.843 bits per heavy atom. The first kappa shape index (κ1) is 34.4. The van der Waals surface area contributed by atoms with Crippen molar-refractivity contribution < 1.29 is 29.1 Å². The molecule has 3 aromatic carbocycles. The zero-order valence-corrected chi connectivity index (χ0v) is 31.9. The van der Waals surface area contributed by atoms with Crippen LogP contribution in [0, 0.1) is 0 Å². The second-order valence-corrected chi connectivity index (χ2v) is 20.2. The van der Waals surface area contributed by atoms with Gasteiger partial charge in [0.15, 0.2) is 5.54 Å². The molecule has 0 unspecified atom stereocenters. The number of nitrogens with zero attached hydrogens (tertiary/aromatic N) is 3. The van der Waals surface area contributed by atoms with Crippen LogP contribution in [0.4, 0.5) is 5.69 Å². The van der Waals surface area contributed by atoms with Crippen LogP contribution in [0.15, 0.2) is 54.6 Å². The number of carboxylic acids is 1. The Labute approximate surface area is 298 Å². The van der Waals surface area contributed by atoms with E-state index in [4.69, 9.17) is 4.84 Å². The van der Waals surface area contributed by atoms with Gasteiger partial charge in [-0.2, -0.15) is 0 Å². The van der Waals surface area contributed by atoms with E-state index in [0.29, 0.717) is 16.2 Å². The van der Waals surface area contributed by atoms with Gasteiger partial charge < -0.3 is 19.6 Å². The number of fused-ring (bicyclic) bond motifs is 4. The number of hydrogen-bond acceptors (Lipinski definition) is 7. The molecule has 4 aliphatic heterocycles. The summed E-state index contributed by atoms with van der Waals surface area (Å²) in [6.07, 6.45) is 4.41. The van der Waals surface area contributed by atoms with Crippen molar-refractivity contribution in [1.29, 1.82) is 0 Å². The van der Waals surface area contributed by atoms with Crippen molar-refractivity contribution in [3.05, 3.63) is 98.6 Å². The highest BCUT2D eigenvalue weighted by molar-refractivity contribution is 7.01. The van der Waals surface area contributed by atoms with E-state index in [1.54, 1.807) is 0 Å². The van der Waals surface area contributed by atoms with E-state index in [1.165, 1.54) is 18.2 Å². The molecule has 9 nitrogen and oxygen atoms in total. The Hall–Kier alpha value is -5.09. The minimum absolute atomic E-state index is 0.00576. The number of hydrogen-bond donors (Lipinski definition) is 0. The topological polar surface area (TPSA) is 110 Å². The number of imide groups is 1. The Bertz CT molecular complexity index is 2350. The number of aromatic carboxylic acids is 1.